The second kappa shape index (κ2) is 7.38. The minimum absolute atomic E-state index is 0.263. The number of ether oxygens (including phenoxy) is 1. The van der Waals surface area contributed by atoms with Crippen molar-refractivity contribution in [1.82, 2.24) is 0 Å². The van der Waals surface area contributed by atoms with Crippen LogP contribution >= 0.6 is 22.6 Å². The second-order valence-corrected chi connectivity index (χ2v) is 4.67. The van der Waals surface area contributed by atoms with Gasteiger partial charge in [0, 0.05) is 10.5 Å². The molecule has 2 N–H and O–H groups in total. The van der Waals surface area contributed by atoms with Gasteiger partial charge in [0.15, 0.2) is 0 Å². The van der Waals surface area contributed by atoms with Crippen LogP contribution in [0, 0.1) is 0 Å². The Balaban J connectivity index is 3.93. The number of halogens is 2. The highest BCUT2D eigenvalue weighted by atomic mass is 127. The average Bonchev–Trinajstić information content (AvgIpc) is 2.16. The predicted octanol–water partition coefficient (Wildman–Crippen LogP) is 2.21. The largest absolute Gasteiger partial charge is 0.466 e. The summed E-state index contributed by atoms with van der Waals surface area (Å²) in [5.74, 6) is -0.506. The zero-order valence-electron chi connectivity index (χ0n) is 9.26. The van der Waals surface area contributed by atoms with Crippen LogP contribution in [0.15, 0.2) is 0 Å². The number of carbonyl (C=O) groups excluding carboxylic acids is 1. The number of rotatable bonds is 7. The maximum absolute atomic E-state index is 13.8. The molecule has 90 valence electrons. The number of hydrogen-bond donors (Lipinski definition) is 1. The summed E-state index contributed by atoms with van der Waals surface area (Å²) < 4.78 is 19.2. The first-order chi connectivity index (χ1) is 6.94. The van der Waals surface area contributed by atoms with Gasteiger partial charge in [0.25, 0.3) is 0 Å². The molecular weight excluding hydrogens is 312 g/mol. The van der Waals surface area contributed by atoms with Crippen LogP contribution in [0.4, 0.5) is 4.39 Å². The van der Waals surface area contributed by atoms with Crippen LogP contribution in [0.25, 0.3) is 0 Å². The van der Waals surface area contributed by atoms with Gasteiger partial charge in [-0.25, -0.2) is 4.39 Å². The quantitative estimate of drug-likeness (QED) is 0.337. The summed E-state index contributed by atoms with van der Waals surface area (Å²) in [6.45, 7) is 3.71. The van der Waals surface area contributed by atoms with E-state index in [9.17, 15) is 9.18 Å². The number of unbranched alkanes of at least 4 members (excludes halogenated alkanes) is 1. The SMILES string of the molecule is CCCCOC(=O)CC(C)(F)C(N)CI. The molecule has 0 fully saturated rings. The highest BCUT2D eigenvalue weighted by Gasteiger charge is 2.34. The Morgan fingerprint density at radius 1 is 1.67 bits per heavy atom. The van der Waals surface area contributed by atoms with E-state index >= 15 is 0 Å². The molecule has 0 aromatic heterocycles. The molecule has 2 atom stereocenters. The summed E-state index contributed by atoms with van der Waals surface area (Å²) in [6.07, 6.45) is 1.50. The van der Waals surface area contributed by atoms with Gasteiger partial charge in [-0.05, 0) is 13.3 Å². The molecule has 0 spiro atoms. The van der Waals surface area contributed by atoms with E-state index < -0.39 is 17.7 Å². The zero-order valence-corrected chi connectivity index (χ0v) is 11.4. The number of alkyl halides is 2. The third-order valence-electron chi connectivity index (χ3n) is 2.19. The Kier molecular flexibility index (Phi) is 7.42. The van der Waals surface area contributed by atoms with Crippen LogP contribution in [-0.4, -0.2) is 28.7 Å². The molecule has 0 radical (unpaired) electrons. The number of carbonyl (C=O) groups is 1. The van der Waals surface area contributed by atoms with Crippen molar-refractivity contribution < 1.29 is 13.9 Å². The molecule has 0 saturated heterocycles. The molecule has 0 aromatic carbocycles. The summed E-state index contributed by atoms with van der Waals surface area (Å²) in [5, 5.41) is 0. The Hall–Kier alpha value is 0.0900. The first-order valence-electron chi connectivity index (χ1n) is 5.10. The lowest BCUT2D eigenvalue weighted by atomic mass is 9.97. The number of hydrogen-bond acceptors (Lipinski definition) is 3. The van der Waals surface area contributed by atoms with Gasteiger partial charge in [0.05, 0.1) is 13.0 Å². The van der Waals surface area contributed by atoms with E-state index in [0.717, 1.165) is 12.8 Å². The molecule has 0 aliphatic rings. The summed E-state index contributed by atoms with van der Waals surface area (Å²) in [6, 6.07) is -0.628. The molecule has 15 heavy (non-hydrogen) atoms. The van der Waals surface area contributed by atoms with Crippen LogP contribution in [0.3, 0.4) is 0 Å². The lowest BCUT2D eigenvalue weighted by Gasteiger charge is -2.24. The maximum Gasteiger partial charge on any atom is 0.309 e. The van der Waals surface area contributed by atoms with Crippen molar-refractivity contribution in [2.45, 2.75) is 44.8 Å². The van der Waals surface area contributed by atoms with Gasteiger partial charge in [-0.3, -0.25) is 4.79 Å². The van der Waals surface area contributed by atoms with Crippen LogP contribution in [0.1, 0.15) is 33.1 Å². The first kappa shape index (κ1) is 15.1. The average molecular weight is 331 g/mol. The van der Waals surface area contributed by atoms with Crippen LogP contribution in [0.2, 0.25) is 0 Å². The van der Waals surface area contributed by atoms with E-state index in [4.69, 9.17) is 10.5 Å². The molecule has 0 saturated carbocycles. The van der Waals surface area contributed by atoms with Gasteiger partial charge in [-0.1, -0.05) is 35.9 Å². The molecular formula is C10H19FINO2. The maximum atomic E-state index is 13.8. The normalized spacial score (nSPS) is 16.9. The lowest BCUT2D eigenvalue weighted by Crippen LogP contribution is -2.45. The zero-order chi connectivity index (χ0) is 11.9. The first-order valence-corrected chi connectivity index (χ1v) is 6.62. The molecule has 0 rings (SSSR count). The molecule has 0 aromatic rings. The fraction of sp³-hybridized carbons (Fsp3) is 0.900. The predicted molar refractivity (Wildman–Crippen MR) is 66.9 cm³/mol. The van der Waals surface area contributed by atoms with Gasteiger partial charge in [-0.2, -0.15) is 0 Å². The fourth-order valence-corrected chi connectivity index (χ4v) is 1.87. The summed E-state index contributed by atoms with van der Waals surface area (Å²) >= 11 is 2.00. The molecule has 5 heteroatoms. The molecule has 0 amide bonds. The topological polar surface area (TPSA) is 52.3 Å². The Bertz CT molecular complexity index is 200. The van der Waals surface area contributed by atoms with Crippen LogP contribution < -0.4 is 5.73 Å². The lowest BCUT2D eigenvalue weighted by molar-refractivity contribution is -0.147. The van der Waals surface area contributed by atoms with Gasteiger partial charge >= 0.3 is 5.97 Å². The van der Waals surface area contributed by atoms with E-state index in [1.807, 2.05) is 29.5 Å². The van der Waals surface area contributed by atoms with E-state index in [1.54, 1.807) is 0 Å². The van der Waals surface area contributed by atoms with E-state index in [1.165, 1.54) is 6.92 Å². The van der Waals surface area contributed by atoms with E-state index in [2.05, 4.69) is 0 Å². The molecule has 0 aliphatic carbocycles. The van der Waals surface area contributed by atoms with Gasteiger partial charge in [-0.15, -0.1) is 0 Å². The smallest absolute Gasteiger partial charge is 0.309 e. The van der Waals surface area contributed by atoms with Crippen molar-refractivity contribution in [1.29, 1.82) is 0 Å². The fourth-order valence-electron chi connectivity index (χ4n) is 0.956. The highest BCUT2D eigenvalue weighted by molar-refractivity contribution is 14.1. The highest BCUT2D eigenvalue weighted by Crippen LogP contribution is 2.21. The minimum atomic E-state index is -1.68. The van der Waals surface area contributed by atoms with E-state index in [-0.39, 0.29) is 6.42 Å². The monoisotopic (exact) mass is 331 g/mol. The van der Waals surface area contributed by atoms with Crippen molar-refractivity contribution in [2.75, 3.05) is 11.0 Å². The van der Waals surface area contributed by atoms with Crippen LogP contribution in [-0.2, 0) is 9.53 Å². The summed E-state index contributed by atoms with van der Waals surface area (Å²) in [4.78, 5) is 11.2. The van der Waals surface area contributed by atoms with Crippen molar-refractivity contribution in [3.05, 3.63) is 0 Å². The Morgan fingerprint density at radius 3 is 2.73 bits per heavy atom. The Morgan fingerprint density at radius 2 is 2.27 bits per heavy atom. The standard InChI is InChI=1S/C10H19FINO2/c1-3-4-5-15-9(14)6-10(2,11)8(13)7-12/h8H,3-7,13H2,1-2H3. The second-order valence-electron chi connectivity index (χ2n) is 3.79. The number of esters is 1. The minimum Gasteiger partial charge on any atom is -0.466 e. The number of nitrogens with two attached hydrogens (primary N) is 1. The molecule has 0 heterocycles. The van der Waals surface area contributed by atoms with Crippen molar-refractivity contribution in [3.63, 3.8) is 0 Å². The van der Waals surface area contributed by atoms with Crippen molar-refractivity contribution in [3.8, 4) is 0 Å². The van der Waals surface area contributed by atoms with Gasteiger partial charge in [0.2, 0.25) is 0 Å². The summed E-state index contributed by atoms with van der Waals surface area (Å²) in [5.41, 5.74) is 3.89. The molecule has 3 nitrogen and oxygen atoms in total. The Labute approximate surface area is 104 Å². The third kappa shape index (κ3) is 6.29. The van der Waals surface area contributed by atoms with E-state index in [0.29, 0.717) is 11.0 Å². The van der Waals surface area contributed by atoms with Crippen molar-refractivity contribution in [2.24, 2.45) is 5.73 Å². The van der Waals surface area contributed by atoms with Crippen LogP contribution in [0.5, 0.6) is 0 Å². The van der Waals surface area contributed by atoms with Gasteiger partial charge < -0.3 is 10.5 Å². The van der Waals surface area contributed by atoms with Crippen molar-refractivity contribution >= 4 is 28.6 Å². The summed E-state index contributed by atoms with van der Waals surface area (Å²) in [7, 11) is 0. The van der Waals surface area contributed by atoms with Gasteiger partial charge in [0.1, 0.15) is 5.67 Å². The molecule has 2 unspecified atom stereocenters. The molecule has 0 aliphatic heterocycles. The third-order valence-corrected chi connectivity index (χ3v) is 3.14. The molecule has 0 bridgehead atoms.